The summed E-state index contributed by atoms with van der Waals surface area (Å²) in [4.78, 5) is 10.9. The lowest BCUT2D eigenvalue weighted by atomic mass is 10.1. The number of esters is 1. The molecule has 0 bridgehead atoms. The largest absolute Gasteiger partial charge is 0.488 e. The van der Waals surface area contributed by atoms with Crippen LogP contribution in [-0.4, -0.2) is 25.3 Å². The molecular formula is C14H17BrO4. The number of rotatable bonds is 4. The fraction of sp³-hybridized carbons (Fsp3) is 0.500. The Balaban J connectivity index is 2.12. The van der Waals surface area contributed by atoms with Crippen LogP contribution in [0.5, 0.6) is 5.75 Å². The van der Waals surface area contributed by atoms with Crippen LogP contribution < -0.4 is 4.74 Å². The molecule has 1 heterocycles. The van der Waals surface area contributed by atoms with Crippen molar-refractivity contribution in [2.45, 2.75) is 33.0 Å². The van der Waals surface area contributed by atoms with E-state index in [4.69, 9.17) is 14.2 Å². The Morgan fingerprint density at radius 2 is 2.32 bits per heavy atom. The van der Waals surface area contributed by atoms with Gasteiger partial charge in [0.15, 0.2) is 0 Å². The second-order valence-electron chi connectivity index (χ2n) is 4.60. The second-order valence-corrected chi connectivity index (χ2v) is 5.39. The van der Waals surface area contributed by atoms with E-state index in [1.165, 1.54) is 6.92 Å². The third-order valence-electron chi connectivity index (χ3n) is 2.92. The summed E-state index contributed by atoms with van der Waals surface area (Å²) in [5.74, 6) is 0.499. The van der Waals surface area contributed by atoms with Crippen molar-refractivity contribution in [3.05, 3.63) is 27.7 Å². The summed E-state index contributed by atoms with van der Waals surface area (Å²) in [6.07, 6.45) is 1.02. The first-order valence-electron chi connectivity index (χ1n) is 6.23. The van der Waals surface area contributed by atoms with Crippen LogP contribution in [0.3, 0.4) is 0 Å². The van der Waals surface area contributed by atoms with Gasteiger partial charge in [0.1, 0.15) is 18.5 Å². The van der Waals surface area contributed by atoms with Gasteiger partial charge in [-0.15, -0.1) is 0 Å². The van der Waals surface area contributed by atoms with E-state index >= 15 is 0 Å². The zero-order valence-electron chi connectivity index (χ0n) is 11.1. The third kappa shape index (κ3) is 3.94. The first-order valence-corrected chi connectivity index (χ1v) is 7.02. The Morgan fingerprint density at radius 1 is 1.53 bits per heavy atom. The maximum atomic E-state index is 10.9. The Labute approximate surface area is 121 Å². The SMILES string of the molecule is CC(=O)OCc1cc(OC2CCOC2)cc(C)c1Br. The van der Waals surface area contributed by atoms with Gasteiger partial charge in [0.05, 0.1) is 13.2 Å². The van der Waals surface area contributed by atoms with Crippen molar-refractivity contribution in [1.29, 1.82) is 0 Å². The Morgan fingerprint density at radius 3 is 2.95 bits per heavy atom. The molecule has 0 spiro atoms. The molecule has 1 atom stereocenters. The van der Waals surface area contributed by atoms with Gasteiger partial charge in [-0.2, -0.15) is 0 Å². The summed E-state index contributed by atoms with van der Waals surface area (Å²) in [6, 6.07) is 3.87. The minimum absolute atomic E-state index is 0.113. The molecule has 5 heteroatoms. The predicted molar refractivity (Wildman–Crippen MR) is 74.2 cm³/mol. The van der Waals surface area contributed by atoms with Crippen molar-refractivity contribution in [1.82, 2.24) is 0 Å². The van der Waals surface area contributed by atoms with E-state index in [0.29, 0.717) is 6.61 Å². The molecule has 19 heavy (non-hydrogen) atoms. The minimum Gasteiger partial charge on any atom is -0.488 e. The molecule has 1 aromatic rings. The average Bonchev–Trinajstić information content (AvgIpc) is 2.84. The van der Waals surface area contributed by atoms with Gasteiger partial charge in [-0.3, -0.25) is 4.79 Å². The monoisotopic (exact) mass is 328 g/mol. The van der Waals surface area contributed by atoms with E-state index in [9.17, 15) is 4.79 Å². The van der Waals surface area contributed by atoms with Gasteiger partial charge in [0, 0.05) is 23.4 Å². The van der Waals surface area contributed by atoms with E-state index < -0.39 is 0 Å². The zero-order valence-corrected chi connectivity index (χ0v) is 12.7. The quantitative estimate of drug-likeness (QED) is 0.797. The van der Waals surface area contributed by atoms with Crippen LogP contribution in [0, 0.1) is 6.92 Å². The van der Waals surface area contributed by atoms with Crippen LogP contribution in [0.4, 0.5) is 0 Å². The Bertz CT molecular complexity index is 467. The summed E-state index contributed by atoms with van der Waals surface area (Å²) >= 11 is 3.51. The molecule has 0 aromatic heterocycles. The fourth-order valence-corrected chi connectivity index (χ4v) is 2.30. The van der Waals surface area contributed by atoms with Crippen LogP contribution in [0.1, 0.15) is 24.5 Å². The van der Waals surface area contributed by atoms with Crippen LogP contribution in [0.15, 0.2) is 16.6 Å². The number of carbonyl (C=O) groups excluding carboxylic acids is 1. The minimum atomic E-state index is -0.292. The summed E-state index contributed by atoms with van der Waals surface area (Å²) in [5.41, 5.74) is 1.96. The number of aryl methyl sites for hydroxylation is 1. The van der Waals surface area contributed by atoms with E-state index in [0.717, 1.165) is 34.4 Å². The van der Waals surface area contributed by atoms with Crippen molar-refractivity contribution in [3.8, 4) is 5.75 Å². The molecule has 1 aliphatic heterocycles. The molecule has 1 aliphatic rings. The van der Waals surface area contributed by atoms with Gasteiger partial charge in [-0.1, -0.05) is 15.9 Å². The molecule has 0 aliphatic carbocycles. The van der Waals surface area contributed by atoms with Gasteiger partial charge in [-0.05, 0) is 24.6 Å². The molecule has 0 N–H and O–H groups in total. The van der Waals surface area contributed by atoms with E-state index in [-0.39, 0.29) is 18.7 Å². The smallest absolute Gasteiger partial charge is 0.302 e. The summed E-state index contributed by atoms with van der Waals surface area (Å²) in [6.45, 7) is 5.01. The Kier molecular flexibility index (Phi) is 4.82. The van der Waals surface area contributed by atoms with Crippen LogP contribution in [0.25, 0.3) is 0 Å². The topological polar surface area (TPSA) is 44.8 Å². The van der Waals surface area contributed by atoms with Crippen LogP contribution in [0.2, 0.25) is 0 Å². The first-order chi connectivity index (χ1) is 9.06. The van der Waals surface area contributed by atoms with E-state index in [1.54, 1.807) is 0 Å². The molecule has 0 saturated carbocycles. The predicted octanol–water partition coefficient (Wildman–Crippen LogP) is 2.99. The molecule has 0 amide bonds. The molecule has 4 nitrogen and oxygen atoms in total. The average molecular weight is 329 g/mol. The van der Waals surface area contributed by atoms with Crippen molar-refractivity contribution >= 4 is 21.9 Å². The standard InChI is InChI=1S/C14H17BrO4/c1-9-5-13(19-12-3-4-17-8-12)6-11(14(9)15)7-18-10(2)16/h5-6,12H,3-4,7-8H2,1-2H3. The lowest BCUT2D eigenvalue weighted by Gasteiger charge is -2.15. The van der Waals surface area contributed by atoms with Crippen molar-refractivity contribution in [2.24, 2.45) is 0 Å². The van der Waals surface area contributed by atoms with E-state index in [2.05, 4.69) is 15.9 Å². The van der Waals surface area contributed by atoms with E-state index in [1.807, 2.05) is 19.1 Å². The van der Waals surface area contributed by atoms with Crippen molar-refractivity contribution < 1.29 is 19.0 Å². The lowest BCUT2D eigenvalue weighted by molar-refractivity contribution is -0.142. The molecule has 1 aromatic carbocycles. The molecule has 1 saturated heterocycles. The number of ether oxygens (including phenoxy) is 3. The molecule has 104 valence electrons. The fourth-order valence-electron chi connectivity index (χ4n) is 1.96. The first kappa shape index (κ1) is 14.3. The summed E-state index contributed by atoms with van der Waals surface area (Å²) in [7, 11) is 0. The van der Waals surface area contributed by atoms with Gasteiger partial charge < -0.3 is 14.2 Å². The van der Waals surface area contributed by atoms with Crippen LogP contribution in [-0.2, 0) is 20.9 Å². The highest BCUT2D eigenvalue weighted by molar-refractivity contribution is 9.10. The summed E-state index contributed by atoms with van der Waals surface area (Å²) < 4.78 is 17.1. The molecule has 2 rings (SSSR count). The highest BCUT2D eigenvalue weighted by Crippen LogP contribution is 2.29. The van der Waals surface area contributed by atoms with Crippen LogP contribution >= 0.6 is 15.9 Å². The number of benzene rings is 1. The number of hydrogen-bond donors (Lipinski definition) is 0. The lowest BCUT2D eigenvalue weighted by Crippen LogP contribution is -2.16. The van der Waals surface area contributed by atoms with Gasteiger partial charge in [0.2, 0.25) is 0 Å². The summed E-state index contributed by atoms with van der Waals surface area (Å²) in [5, 5.41) is 0. The zero-order chi connectivity index (χ0) is 13.8. The van der Waals surface area contributed by atoms with Crippen molar-refractivity contribution in [2.75, 3.05) is 13.2 Å². The number of carbonyl (C=O) groups is 1. The number of hydrogen-bond acceptors (Lipinski definition) is 4. The van der Waals surface area contributed by atoms with Gasteiger partial charge in [-0.25, -0.2) is 0 Å². The second kappa shape index (κ2) is 6.39. The highest BCUT2D eigenvalue weighted by atomic mass is 79.9. The molecule has 1 fully saturated rings. The maximum Gasteiger partial charge on any atom is 0.302 e. The normalized spacial score (nSPS) is 18.4. The van der Waals surface area contributed by atoms with Gasteiger partial charge >= 0.3 is 5.97 Å². The Hall–Kier alpha value is -1.07. The maximum absolute atomic E-state index is 10.9. The van der Waals surface area contributed by atoms with Crippen molar-refractivity contribution in [3.63, 3.8) is 0 Å². The highest BCUT2D eigenvalue weighted by Gasteiger charge is 2.18. The van der Waals surface area contributed by atoms with Gasteiger partial charge in [0.25, 0.3) is 0 Å². The number of halogens is 1. The molecule has 0 radical (unpaired) electrons. The molecular weight excluding hydrogens is 312 g/mol. The molecule has 1 unspecified atom stereocenters. The third-order valence-corrected chi connectivity index (χ3v) is 4.06.